The average molecular weight is 264 g/mol. The van der Waals surface area contributed by atoms with E-state index in [1.54, 1.807) is 0 Å². The second-order valence-corrected chi connectivity index (χ2v) is 5.44. The summed E-state index contributed by atoms with van der Waals surface area (Å²) in [5.74, 6) is 1.36. The summed E-state index contributed by atoms with van der Waals surface area (Å²) < 4.78 is 5.65. The van der Waals surface area contributed by atoms with E-state index in [2.05, 4.69) is 18.9 Å². The summed E-state index contributed by atoms with van der Waals surface area (Å²) in [6, 6.07) is 5.91. The molecule has 0 atom stereocenters. The van der Waals surface area contributed by atoms with Crippen LogP contribution >= 0.6 is 0 Å². The van der Waals surface area contributed by atoms with Crippen LogP contribution in [0.25, 0.3) is 0 Å². The van der Waals surface area contributed by atoms with Gasteiger partial charge in [0.2, 0.25) is 0 Å². The number of ether oxygens (including phenoxy) is 1. The molecule has 4 heteroatoms. The fourth-order valence-corrected chi connectivity index (χ4v) is 2.44. The Morgan fingerprint density at radius 1 is 1.42 bits per heavy atom. The van der Waals surface area contributed by atoms with E-state index in [-0.39, 0.29) is 6.10 Å². The largest absolute Gasteiger partial charge is 0.491 e. The Kier molecular flexibility index (Phi) is 4.53. The maximum atomic E-state index is 9.32. The maximum Gasteiger partial charge on any atom is 0.144 e. The SMILES string of the molecule is CCCOc1cc(N(C)CC2CC(O)C2)ccc1N. The van der Waals surface area contributed by atoms with Crippen molar-refractivity contribution in [3.8, 4) is 5.75 Å². The van der Waals surface area contributed by atoms with Gasteiger partial charge in [-0.15, -0.1) is 0 Å². The number of hydrogen-bond acceptors (Lipinski definition) is 4. The van der Waals surface area contributed by atoms with Gasteiger partial charge in [-0.3, -0.25) is 0 Å². The molecule has 0 heterocycles. The van der Waals surface area contributed by atoms with Crippen molar-refractivity contribution in [1.29, 1.82) is 0 Å². The molecule has 2 rings (SSSR count). The van der Waals surface area contributed by atoms with E-state index in [1.807, 2.05) is 18.2 Å². The number of benzene rings is 1. The van der Waals surface area contributed by atoms with Crippen molar-refractivity contribution in [2.75, 3.05) is 30.8 Å². The molecular weight excluding hydrogens is 240 g/mol. The van der Waals surface area contributed by atoms with Gasteiger partial charge >= 0.3 is 0 Å². The predicted octanol–water partition coefficient (Wildman–Crippen LogP) is 2.26. The first-order valence-corrected chi connectivity index (χ1v) is 7.01. The topological polar surface area (TPSA) is 58.7 Å². The number of rotatable bonds is 6. The number of aliphatic hydroxyl groups is 1. The van der Waals surface area contributed by atoms with Crippen LogP contribution in [-0.4, -0.2) is 31.4 Å². The van der Waals surface area contributed by atoms with Gasteiger partial charge in [-0.05, 0) is 37.3 Å². The van der Waals surface area contributed by atoms with Crippen LogP contribution < -0.4 is 15.4 Å². The number of nitrogens with zero attached hydrogens (tertiary/aromatic N) is 1. The number of nitrogens with two attached hydrogens (primary N) is 1. The highest BCUT2D eigenvalue weighted by atomic mass is 16.5. The second kappa shape index (κ2) is 6.15. The molecule has 1 saturated carbocycles. The number of anilines is 2. The lowest BCUT2D eigenvalue weighted by molar-refractivity contribution is 0.0465. The Bertz CT molecular complexity index is 417. The summed E-state index contributed by atoms with van der Waals surface area (Å²) in [7, 11) is 2.07. The average Bonchev–Trinajstić information content (AvgIpc) is 2.36. The van der Waals surface area contributed by atoms with Gasteiger partial charge in [0.05, 0.1) is 18.4 Å². The third-order valence-electron chi connectivity index (χ3n) is 3.64. The molecule has 0 spiro atoms. The summed E-state index contributed by atoms with van der Waals surface area (Å²) in [5.41, 5.74) is 7.71. The van der Waals surface area contributed by atoms with E-state index in [0.717, 1.165) is 37.2 Å². The predicted molar refractivity (Wildman–Crippen MR) is 78.6 cm³/mol. The number of hydrogen-bond donors (Lipinski definition) is 2. The first kappa shape index (κ1) is 14.0. The zero-order chi connectivity index (χ0) is 13.8. The van der Waals surface area contributed by atoms with Crippen LogP contribution in [0.15, 0.2) is 18.2 Å². The first-order valence-electron chi connectivity index (χ1n) is 7.01. The van der Waals surface area contributed by atoms with E-state index in [4.69, 9.17) is 10.5 Å². The summed E-state index contributed by atoms with van der Waals surface area (Å²) in [5, 5.41) is 9.32. The minimum Gasteiger partial charge on any atom is -0.491 e. The smallest absolute Gasteiger partial charge is 0.144 e. The van der Waals surface area contributed by atoms with Crippen molar-refractivity contribution in [3.63, 3.8) is 0 Å². The van der Waals surface area contributed by atoms with Gasteiger partial charge in [0.15, 0.2) is 0 Å². The molecule has 0 bridgehead atoms. The zero-order valence-electron chi connectivity index (χ0n) is 11.8. The molecule has 1 aliphatic carbocycles. The number of nitrogen functional groups attached to an aromatic ring is 1. The van der Waals surface area contributed by atoms with Crippen LogP contribution in [0.2, 0.25) is 0 Å². The van der Waals surface area contributed by atoms with Gasteiger partial charge < -0.3 is 20.5 Å². The van der Waals surface area contributed by atoms with Gasteiger partial charge in [-0.2, -0.15) is 0 Å². The summed E-state index contributed by atoms with van der Waals surface area (Å²) in [6.07, 6.45) is 2.71. The van der Waals surface area contributed by atoms with Gasteiger partial charge in [0.1, 0.15) is 5.75 Å². The van der Waals surface area contributed by atoms with Gasteiger partial charge in [0, 0.05) is 25.3 Å². The molecule has 19 heavy (non-hydrogen) atoms. The standard InChI is InChI=1S/C15H24N2O2/c1-3-6-19-15-9-12(4-5-14(15)16)17(2)10-11-7-13(18)8-11/h4-5,9,11,13,18H,3,6-8,10,16H2,1-2H3. The quantitative estimate of drug-likeness (QED) is 0.774. The first-order chi connectivity index (χ1) is 9.10. The summed E-state index contributed by atoms with van der Waals surface area (Å²) in [6.45, 7) is 3.73. The Morgan fingerprint density at radius 3 is 2.79 bits per heavy atom. The van der Waals surface area contributed by atoms with Crippen LogP contribution in [0.5, 0.6) is 5.75 Å². The molecule has 1 aromatic rings. The Balaban J connectivity index is 1.98. The monoisotopic (exact) mass is 264 g/mol. The maximum absolute atomic E-state index is 9.32. The van der Waals surface area contributed by atoms with E-state index < -0.39 is 0 Å². The third-order valence-corrected chi connectivity index (χ3v) is 3.64. The minimum absolute atomic E-state index is 0.0896. The number of aliphatic hydroxyl groups excluding tert-OH is 1. The molecule has 0 aromatic heterocycles. The minimum atomic E-state index is -0.0896. The molecule has 1 aromatic carbocycles. The van der Waals surface area contributed by atoms with Crippen molar-refractivity contribution >= 4 is 11.4 Å². The van der Waals surface area contributed by atoms with E-state index in [9.17, 15) is 5.11 Å². The molecule has 1 fully saturated rings. The van der Waals surface area contributed by atoms with Crippen LogP contribution in [-0.2, 0) is 0 Å². The highest BCUT2D eigenvalue weighted by Gasteiger charge is 2.28. The highest BCUT2D eigenvalue weighted by molar-refractivity contribution is 5.62. The van der Waals surface area contributed by atoms with Crippen molar-refractivity contribution in [1.82, 2.24) is 0 Å². The Hall–Kier alpha value is -1.42. The molecule has 0 saturated heterocycles. The summed E-state index contributed by atoms with van der Waals surface area (Å²) >= 11 is 0. The van der Waals surface area contributed by atoms with Gasteiger partial charge in [0.25, 0.3) is 0 Å². The van der Waals surface area contributed by atoms with Gasteiger partial charge in [-0.1, -0.05) is 6.92 Å². The van der Waals surface area contributed by atoms with E-state index >= 15 is 0 Å². The lowest BCUT2D eigenvalue weighted by atomic mass is 9.82. The van der Waals surface area contributed by atoms with Crippen LogP contribution in [0, 0.1) is 5.92 Å². The van der Waals surface area contributed by atoms with Crippen LogP contribution in [0.3, 0.4) is 0 Å². The Morgan fingerprint density at radius 2 is 2.16 bits per heavy atom. The normalized spacial score (nSPS) is 21.8. The van der Waals surface area contributed by atoms with Crippen molar-refractivity contribution in [2.24, 2.45) is 5.92 Å². The van der Waals surface area contributed by atoms with E-state index in [0.29, 0.717) is 18.2 Å². The molecule has 0 unspecified atom stereocenters. The van der Waals surface area contributed by atoms with Crippen LogP contribution in [0.4, 0.5) is 11.4 Å². The Labute approximate surface area is 115 Å². The van der Waals surface area contributed by atoms with Crippen LogP contribution in [0.1, 0.15) is 26.2 Å². The molecule has 3 N–H and O–H groups in total. The molecule has 0 radical (unpaired) electrons. The molecule has 1 aliphatic rings. The molecule has 106 valence electrons. The molecule has 0 amide bonds. The lowest BCUT2D eigenvalue weighted by Gasteiger charge is -2.35. The molecular formula is C15H24N2O2. The lowest BCUT2D eigenvalue weighted by Crippen LogP contribution is -2.37. The molecule has 0 aliphatic heterocycles. The molecule has 4 nitrogen and oxygen atoms in total. The van der Waals surface area contributed by atoms with Crippen molar-refractivity contribution < 1.29 is 9.84 Å². The fraction of sp³-hybridized carbons (Fsp3) is 0.600. The van der Waals surface area contributed by atoms with Gasteiger partial charge in [-0.25, -0.2) is 0 Å². The highest BCUT2D eigenvalue weighted by Crippen LogP contribution is 2.31. The van der Waals surface area contributed by atoms with E-state index in [1.165, 1.54) is 0 Å². The second-order valence-electron chi connectivity index (χ2n) is 5.44. The van der Waals surface area contributed by atoms with Crippen molar-refractivity contribution in [2.45, 2.75) is 32.3 Å². The van der Waals surface area contributed by atoms with Crippen molar-refractivity contribution in [3.05, 3.63) is 18.2 Å². The zero-order valence-corrected chi connectivity index (χ0v) is 11.8. The third kappa shape index (κ3) is 3.53. The summed E-state index contributed by atoms with van der Waals surface area (Å²) in [4.78, 5) is 2.20. The fourth-order valence-electron chi connectivity index (χ4n) is 2.44.